The van der Waals surface area contributed by atoms with Crippen LogP contribution in [0, 0.1) is 13.8 Å². The maximum absolute atomic E-state index is 12.8. The Labute approximate surface area is 141 Å². The van der Waals surface area contributed by atoms with Crippen LogP contribution in [0.15, 0.2) is 12.1 Å². The number of rotatable bonds is 4. The summed E-state index contributed by atoms with van der Waals surface area (Å²) in [6.45, 7) is 6.15. The number of hydrogen-bond donors (Lipinski definition) is 1. The Bertz CT molecular complexity index is 579. The number of hydrogen-bond acceptors (Lipinski definition) is 4. The van der Waals surface area contributed by atoms with E-state index in [4.69, 9.17) is 9.84 Å². The zero-order valence-corrected chi connectivity index (χ0v) is 14.6. The zero-order valence-electron chi connectivity index (χ0n) is 13.8. The van der Waals surface area contributed by atoms with Crippen LogP contribution in [0.4, 0.5) is 0 Å². The van der Waals surface area contributed by atoms with E-state index in [0.717, 1.165) is 35.6 Å². The molecule has 1 aromatic rings. The van der Waals surface area contributed by atoms with Gasteiger partial charge in [-0.2, -0.15) is 11.8 Å². The van der Waals surface area contributed by atoms with Crippen LogP contribution in [0.2, 0.25) is 0 Å². The molecule has 1 fully saturated rings. The summed E-state index contributed by atoms with van der Waals surface area (Å²) in [6, 6.07) is 3.82. The molecule has 1 unspecified atom stereocenters. The minimum Gasteiger partial charge on any atom is -0.481 e. The molecule has 126 valence electrons. The van der Waals surface area contributed by atoms with Crippen LogP contribution in [0.25, 0.3) is 0 Å². The molecule has 1 aliphatic rings. The van der Waals surface area contributed by atoms with Crippen LogP contribution in [0.3, 0.4) is 0 Å². The number of amides is 1. The maximum atomic E-state index is 12.8. The van der Waals surface area contributed by atoms with Gasteiger partial charge in [0, 0.05) is 23.9 Å². The standard InChI is InChI=1S/C17H23NO4S/c1-11-8-14(9-12(2)16(11)22-10-15(19)20)17(21)18-5-7-23-6-4-13(18)3/h8-9,13H,4-7,10H2,1-3H3,(H,19,20). The first-order chi connectivity index (χ1) is 10.9. The Hall–Kier alpha value is -1.69. The number of thioether (sulfide) groups is 1. The van der Waals surface area contributed by atoms with Crippen molar-refractivity contribution in [1.82, 2.24) is 4.90 Å². The molecule has 0 aliphatic carbocycles. The van der Waals surface area contributed by atoms with E-state index in [1.54, 1.807) is 12.1 Å². The molecule has 1 aromatic carbocycles. The largest absolute Gasteiger partial charge is 0.481 e. The van der Waals surface area contributed by atoms with Crippen LogP contribution in [-0.4, -0.2) is 52.6 Å². The van der Waals surface area contributed by atoms with Crippen LogP contribution in [0.1, 0.15) is 34.8 Å². The molecule has 0 spiro atoms. The minimum atomic E-state index is -1.01. The highest BCUT2D eigenvalue weighted by atomic mass is 32.2. The molecule has 0 saturated carbocycles. The summed E-state index contributed by atoms with van der Waals surface area (Å²) >= 11 is 1.88. The molecule has 1 saturated heterocycles. The van der Waals surface area contributed by atoms with Crippen LogP contribution in [-0.2, 0) is 4.79 Å². The van der Waals surface area contributed by atoms with Crippen molar-refractivity contribution in [3.63, 3.8) is 0 Å². The highest BCUT2D eigenvalue weighted by molar-refractivity contribution is 7.99. The first kappa shape index (κ1) is 17.7. The van der Waals surface area contributed by atoms with Crippen molar-refractivity contribution in [1.29, 1.82) is 0 Å². The topological polar surface area (TPSA) is 66.8 Å². The number of carbonyl (C=O) groups is 2. The lowest BCUT2D eigenvalue weighted by molar-refractivity contribution is -0.139. The smallest absolute Gasteiger partial charge is 0.341 e. The summed E-state index contributed by atoms with van der Waals surface area (Å²) in [5.74, 6) is 1.62. The molecule has 6 heteroatoms. The predicted molar refractivity (Wildman–Crippen MR) is 91.5 cm³/mol. The predicted octanol–water partition coefficient (Wildman–Crippen LogP) is 2.73. The Morgan fingerprint density at radius 2 is 1.96 bits per heavy atom. The van der Waals surface area contributed by atoms with E-state index in [1.807, 2.05) is 30.5 Å². The molecule has 1 amide bonds. The van der Waals surface area contributed by atoms with E-state index in [1.165, 1.54) is 0 Å². The lowest BCUT2D eigenvalue weighted by Gasteiger charge is -2.27. The fourth-order valence-electron chi connectivity index (χ4n) is 2.80. The summed E-state index contributed by atoms with van der Waals surface area (Å²) in [4.78, 5) is 25.4. The van der Waals surface area contributed by atoms with Gasteiger partial charge in [0.2, 0.25) is 0 Å². The van der Waals surface area contributed by atoms with Gasteiger partial charge in [0.25, 0.3) is 5.91 Å². The van der Waals surface area contributed by atoms with Gasteiger partial charge in [-0.25, -0.2) is 4.79 Å². The molecule has 1 atom stereocenters. The Kier molecular flexibility index (Phi) is 5.93. The van der Waals surface area contributed by atoms with E-state index >= 15 is 0 Å². The van der Waals surface area contributed by atoms with Gasteiger partial charge in [0.15, 0.2) is 6.61 Å². The van der Waals surface area contributed by atoms with Gasteiger partial charge in [-0.3, -0.25) is 4.79 Å². The normalized spacial score (nSPS) is 18.4. The quantitative estimate of drug-likeness (QED) is 0.915. The van der Waals surface area contributed by atoms with Gasteiger partial charge in [0.05, 0.1) is 0 Å². The monoisotopic (exact) mass is 337 g/mol. The van der Waals surface area contributed by atoms with Gasteiger partial charge in [-0.05, 0) is 56.2 Å². The number of carbonyl (C=O) groups excluding carboxylic acids is 1. The number of nitrogens with zero attached hydrogens (tertiary/aromatic N) is 1. The van der Waals surface area contributed by atoms with Gasteiger partial charge < -0.3 is 14.7 Å². The highest BCUT2D eigenvalue weighted by Gasteiger charge is 2.24. The van der Waals surface area contributed by atoms with Crippen LogP contribution >= 0.6 is 11.8 Å². The van der Waals surface area contributed by atoms with Crippen molar-refractivity contribution in [2.24, 2.45) is 0 Å². The van der Waals surface area contributed by atoms with Gasteiger partial charge >= 0.3 is 5.97 Å². The summed E-state index contributed by atoms with van der Waals surface area (Å²) in [7, 11) is 0. The molecule has 1 heterocycles. The van der Waals surface area contributed by atoms with E-state index < -0.39 is 5.97 Å². The minimum absolute atomic E-state index is 0.0379. The number of carboxylic acids is 1. The summed E-state index contributed by atoms with van der Waals surface area (Å²) in [5.41, 5.74) is 2.21. The molecular formula is C17H23NO4S. The molecule has 1 aliphatic heterocycles. The summed E-state index contributed by atoms with van der Waals surface area (Å²) in [6.07, 6.45) is 1.01. The number of benzene rings is 1. The number of aryl methyl sites for hydroxylation is 2. The maximum Gasteiger partial charge on any atom is 0.341 e. The van der Waals surface area contributed by atoms with Crippen molar-refractivity contribution in [3.05, 3.63) is 28.8 Å². The van der Waals surface area contributed by atoms with Crippen molar-refractivity contribution >= 4 is 23.6 Å². The van der Waals surface area contributed by atoms with Gasteiger partial charge in [-0.1, -0.05) is 0 Å². The van der Waals surface area contributed by atoms with Gasteiger partial charge in [-0.15, -0.1) is 0 Å². The Morgan fingerprint density at radius 3 is 2.57 bits per heavy atom. The lowest BCUT2D eigenvalue weighted by Crippen LogP contribution is -2.39. The van der Waals surface area contributed by atoms with Crippen LogP contribution < -0.4 is 4.74 Å². The SMILES string of the molecule is Cc1cc(C(=O)N2CCSCCC2C)cc(C)c1OCC(=O)O. The van der Waals surface area contributed by atoms with E-state index in [2.05, 4.69) is 6.92 Å². The molecule has 0 radical (unpaired) electrons. The number of aliphatic carboxylic acids is 1. The third-order valence-electron chi connectivity index (χ3n) is 4.00. The highest BCUT2D eigenvalue weighted by Crippen LogP contribution is 2.26. The third-order valence-corrected chi connectivity index (χ3v) is 4.99. The molecule has 0 aromatic heterocycles. The second-order valence-corrected chi connectivity index (χ2v) is 7.09. The first-order valence-electron chi connectivity index (χ1n) is 7.74. The van der Waals surface area contributed by atoms with Crippen molar-refractivity contribution in [2.45, 2.75) is 33.2 Å². The number of carboxylic acid groups (broad SMARTS) is 1. The molecule has 5 nitrogen and oxygen atoms in total. The average molecular weight is 337 g/mol. The first-order valence-corrected chi connectivity index (χ1v) is 8.90. The Balaban J connectivity index is 2.22. The second-order valence-electron chi connectivity index (χ2n) is 5.87. The van der Waals surface area contributed by atoms with Crippen molar-refractivity contribution in [3.8, 4) is 5.75 Å². The number of ether oxygens (including phenoxy) is 1. The molecule has 1 N–H and O–H groups in total. The molecule has 23 heavy (non-hydrogen) atoms. The Morgan fingerprint density at radius 1 is 1.30 bits per heavy atom. The van der Waals surface area contributed by atoms with Gasteiger partial charge in [0.1, 0.15) is 5.75 Å². The molecule has 2 rings (SSSR count). The van der Waals surface area contributed by atoms with Crippen molar-refractivity contribution in [2.75, 3.05) is 24.7 Å². The van der Waals surface area contributed by atoms with E-state index in [-0.39, 0.29) is 18.6 Å². The second kappa shape index (κ2) is 7.73. The van der Waals surface area contributed by atoms with Crippen molar-refractivity contribution < 1.29 is 19.4 Å². The fraction of sp³-hybridized carbons (Fsp3) is 0.529. The lowest BCUT2D eigenvalue weighted by atomic mass is 10.0. The molecular weight excluding hydrogens is 314 g/mol. The average Bonchev–Trinajstić information content (AvgIpc) is 2.69. The third kappa shape index (κ3) is 4.41. The van der Waals surface area contributed by atoms with E-state index in [0.29, 0.717) is 11.3 Å². The fourth-order valence-corrected chi connectivity index (χ4v) is 3.84. The summed E-state index contributed by atoms with van der Waals surface area (Å²) < 4.78 is 5.32. The summed E-state index contributed by atoms with van der Waals surface area (Å²) in [5, 5.41) is 8.74. The molecule has 0 bridgehead atoms. The van der Waals surface area contributed by atoms with E-state index in [9.17, 15) is 9.59 Å². The zero-order chi connectivity index (χ0) is 17.0. The van der Waals surface area contributed by atoms with Crippen LogP contribution in [0.5, 0.6) is 5.75 Å².